The zero-order chi connectivity index (χ0) is 23.9. The monoisotopic (exact) mass is 460 g/mol. The van der Waals surface area contributed by atoms with Crippen LogP contribution in [-0.2, 0) is 31.0 Å². The zero-order valence-electron chi connectivity index (χ0n) is 20.1. The maximum atomic E-state index is 12.5. The van der Waals surface area contributed by atoms with Crippen LogP contribution in [0, 0.1) is 0 Å². The number of rotatable bonds is 10. The zero-order valence-corrected chi connectivity index (χ0v) is 20.1. The second-order valence-electron chi connectivity index (χ2n) is 8.60. The smallest absolute Gasteiger partial charge is 0.253 e. The van der Waals surface area contributed by atoms with E-state index in [0.29, 0.717) is 31.1 Å². The van der Waals surface area contributed by atoms with Gasteiger partial charge in [0, 0.05) is 45.9 Å². The van der Waals surface area contributed by atoms with Crippen molar-refractivity contribution in [2.24, 2.45) is 0 Å². The fraction of sp³-hybridized carbons (Fsp3) is 0.321. The van der Waals surface area contributed by atoms with E-state index in [4.69, 9.17) is 14.2 Å². The summed E-state index contributed by atoms with van der Waals surface area (Å²) < 4.78 is 16.7. The molecule has 0 saturated heterocycles. The van der Waals surface area contributed by atoms with Gasteiger partial charge in [-0.25, -0.2) is 0 Å². The Hall–Kier alpha value is -3.35. The summed E-state index contributed by atoms with van der Waals surface area (Å²) in [6, 6.07) is 22.2. The van der Waals surface area contributed by atoms with Gasteiger partial charge in [-0.1, -0.05) is 42.5 Å². The first-order valence-electron chi connectivity index (χ1n) is 11.5. The molecule has 0 saturated carbocycles. The molecule has 178 valence electrons. The third-order valence-corrected chi connectivity index (χ3v) is 6.11. The molecular weight excluding hydrogens is 428 g/mol. The summed E-state index contributed by atoms with van der Waals surface area (Å²) in [6.45, 7) is 4.26. The van der Waals surface area contributed by atoms with Gasteiger partial charge in [0.2, 0.25) is 0 Å². The number of fused-ring (bicyclic) bond motifs is 1. The van der Waals surface area contributed by atoms with E-state index in [9.17, 15) is 4.79 Å². The van der Waals surface area contributed by atoms with E-state index in [2.05, 4.69) is 41.3 Å². The number of likely N-dealkylation sites (N-methyl/N-ethyl adjacent to an activating group) is 1. The first-order chi connectivity index (χ1) is 16.6. The first-order valence-corrected chi connectivity index (χ1v) is 11.5. The lowest BCUT2D eigenvalue weighted by atomic mass is 10.1. The van der Waals surface area contributed by atoms with Crippen LogP contribution in [0.25, 0.3) is 0 Å². The topological polar surface area (TPSA) is 51.2 Å². The molecule has 0 radical (unpaired) electrons. The molecule has 0 N–H and O–H groups in total. The summed E-state index contributed by atoms with van der Waals surface area (Å²) in [5, 5.41) is 0. The molecule has 0 aliphatic carbocycles. The van der Waals surface area contributed by atoms with Gasteiger partial charge in [0.1, 0.15) is 6.61 Å². The number of ether oxygens (including phenoxy) is 3. The molecule has 1 heterocycles. The summed E-state index contributed by atoms with van der Waals surface area (Å²) in [5.74, 6) is 1.40. The molecule has 0 fully saturated rings. The maximum Gasteiger partial charge on any atom is 0.253 e. The van der Waals surface area contributed by atoms with Crippen molar-refractivity contribution < 1.29 is 19.0 Å². The van der Waals surface area contributed by atoms with Gasteiger partial charge in [-0.3, -0.25) is 9.69 Å². The molecule has 3 aromatic rings. The number of amides is 1. The molecule has 3 aromatic carbocycles. The van der Waals surface area contributed by atoms with Crippen LogP contribution in [0.15, 0.2) is 66.7 Å². The Kier molecular flexibility index (Phi) is 7.83. The normalized spacial score (nSPS) is 12.9. The van der Waals surface area contributed by atoms with Gasteiger partial charge in [-0.05, 0) is 46.5 Å². The van der Waals surface area contributed by atoms with E-state index >= 15 is 0 Å². The number of nitrogens with zero attached hydrogens (tertiary/aromatic N) is 2. The maximum absolute atomic E-state index is 12.5. The van der Waals surface area contributed by atoms with E-state index in [1.54, 1.807) is 26.2 Å². The fourth-order valence-electron chi connectivity index (χ4n) is 4.16. The third-order valence-electron chi connectivity index (χ3n) is 6.11. The van der Waals surface area contributed by atoms with Crippen LogP contribution in [0.3, 0.4) is 0 Å². The summed E-state index contributed by atoms with van der Waals surface area (Å²) in [7, 11) is 5.07. The van der Waals surface area contributed by atoms with Crippen molar-refractivity contribution in [1.29, 1.82) is 0 Å². The highest BCUT2D eigenvalue weighted by Crippen LogP contribution is 2.31. The molecule has 1 aliphatic heterocycles. The molecule has 0 aromatic heterocycles. The van der Waals surface area contributed by atoms with Crippen molar-refractivity contribution in [3.63, 3.8) is 0 Å². The minimum Gasteiger partial charge on any atom is -0.493 e. The highest BCUT2D eigenvalue weighted by atomic mass is 16.5. The quantitative estimate of drug-likeness (QED) is 0.446. The number of carbonyl (C=O) groups is 1. The Morgan fingerprint density at radius 3 is 2.24 bits per heavy atom. The molecule has 0 spiro atoms. The van der Waals surface area contributed by atoms with Gasteiger partial charge >= 0.3 is 0 Å². The minimum absolute atomic E-state index is 0.0251. The largest absolute Gasteiger partial charge is 0.493 e. The summed E-state index contributed by atoms with van der Waals surface area (Å²) in [5.41, 5.74) is 5.63. The van der Waals surface area contributed by atoms with Gasteiger partial charge in [0.15, 0.2) is 11.5 Å². The van der Waals surface area contributed by atoms with Crippen molar-refractivity contribution in [2.75, 3.05) is 34.4 Å². The van der Waals surface area contributed by atoms with Crippen LogP contribution in [0.2, 0.25) is 0 Å². The SMILES string of the molecule is COCCN(C)C(=O)c1ccc(COc2ccc(CN3Cc4ccccc4C3)cc2OC)cc1. The van der Waals surface area contributed by atoms with Crippen molar-refractivity contribution in [3.8, 4) is 11.5 Å². The van der Waals surface area contributed by atoms with Crippen molar-refractivity contribution in [3.05, 3.63) is 94.5 Å². The summed E-state index contributed by atoms with van der Waals surface area (Å²) in [4.78, 5) is 16.5. The number of hydrogen-bond donors (Lipinski definition) is 0. The molecule has 34 heavy (non-hydrogen) atoms. The lowest BCUT2D eigenvalue weighted by Crippen LogP contribution is -2.29. The average molecular weight is 461 g/mol. The van der Waals surface area contributed by atoms with Gasteiger partial charge < -0.3 is 19.1 Å². The molecule has 6 nitrogen and oxygen atoms in total. The average Bonchev–Trinajstić information content (AvgIpc) is 3.28. The van der Waals surface area contributed by atoms with E-state index in [-0.39, 0.29) is 5.91 Å². The lowest BCUT2D eigenvalue weighted by molar-refractivity contribution is 0.0744. The summed E-state index contributed by atoms with van der Waals surface area (Å²) >= 11 is 0. The number of carbonyl (C=O) groups excluding carboxylic acids is 1. The van der Waals surface area contributed by atoms with Gasteiger partial charge in [0.25, 0.3) is 5.91 Å². The van der Waals surface area contributed by atoms with Crippen LogP contribution in [0.1, 0.15) is 32.6 Å². The van der Waals surface area contributed by atoms with Crippen LogP contribution in [0.4, 0.5) is 0 Å². The van der Waals surface area contributed by atoms with Gasteiger partial charge in [-0.2, -0.15) is 0 Å². The Bertz CT molecular complexity index is 1090. The Morgan fingerprint density at radius 2 is 1.59 bits per heavy atom. The predicted molar refractivity (Wildman–Crippen MR) is 132 cm³/mol. The number of benzene rings is 3. The molecule has 1 aliphatic rings. The van der Waals surface area contributed by atoms with Crippen molar-refractivity contribution >= 4 is 5.91 Å². The number of methoxy groups -OCH3 is 2. The van der Waals surface area contributed by atoms with Crippen molar-refractivity contribution in [2.45, 2.75) is 26.2 Å². The lowest BCUT2D eigenvalue weighted by Gasteiger charge is -2.17. The molecule has 4 rings (SSSR count). The van der Waals surface area contributed by atoms with Gasteiger partial charge in [-0.15, -0.1) is 0 Å². The molecule has 1 amide bonds. The van der Waals surface area contributed by atoms with Crippen LogP contribution < -0.4 is 9.47 Å². The molecule has 0 atom stereocenters. The van der Waals surface area contributed by atoms with Crippen molar-refractivity contribution in [1.82, 2.24) is 9.80 Å². The molecular formula is C28H32N2O4. The highest BCUT2D eigenvalue weighted by Gasteiger charge is 2.19. The predicted octanol–water partition coefficient (Wildman–Crippen LogP) is 4.51. The molecule has 0 bridgehead atoms. The van der Waals surface area contributed by atoms with E-state index in [1.807, 2.05) is 30.3 Å². The van der Waals surface area contributed by atoms with E-state index in [1.165, 1.54) is 16.7 Å². The van der Waals surface area contributed by atoms with Gasteiger partial charge in [0.05, 0.1) is 13.7 Å². The Labute approximate surface area is 201 Å². The Balaban J connectivity index is 1.34. The number of hydrogen-bond acceptors (Lipinski definition) is 5. The molecule has 0 unspecified atom stereocenters. The summed E-state index contributed by atoms with van der Waals surface area (Å²) in [6.07, 6.45) is 0. The molecule has 6 heteroatoms. The fourth-order valence-corrected chi connectivity index (χ4v) is 4.16. The minimum atomic E-state index is -0.0251. The Morgan fingerprint density at radius 1 is 0.912 bits per heavy atom. The first kappa shape index (κ1) is 23.8. The van der Waals surface area contributed by atoms with E-state index < -0.39 is 0 Å². The highest BCUT2D eigenvalue weighted by molar-refractivity contribution is 5.94. The van der Waals surface area contributed by atoms with Crippen LogP contribution in [-0.4, -0.2) is 50.1 Å². The second kappa shape index (κ2) is 11.2. The second-order valence-corrected chi connectivity index (χ2v) is 8.60. The standard InChI is InChI=1S/C28H32N2O4/c1-29(14-15-32-2)28(31)23-11-8-21(9-12-23)20-34-26-13-10-22(16-27(26)33-3)17-30-18-24-6-4-5-7-25(24)19-30/h4-13,16H,14-15,17-20H2,1-3H3. The van der Waals surface area contributed by atoms with Crippen LogP contribution in [0.5, 0.6) is 11.5 Å². The van der Waals surface area contributed by atoms with Crippen LogP contribution >= 0.6 is 0 Å². The van der Waals surface area contributed by atoms with E-state index in [0.717, 1.165) is 30.9 Å². The third kappa shape index (κ3) is 5.76.